The van der Waals surface area contributed by atoms with E-state index in [9.17, 15) is 8.42 Å². The average Bonchev–Trinajstić information content (AvgIpc) is 2.47. The molecule has 2 atom stereocenters. The molecule has 0 aliphatic carbocycles. The molecule has 0 radical (unpaired) electrons. The minimum absolute atomic E-state index is 0.382. The van der Waals surface area contributed by atoms with Gasteiger partial charge in [-0.3, -0.25) is 0 Å². The van der Waals surface area contributed by atoms with Gasteiger partial charge in [0.05, 0.1) is 5.25 Å². The lowest BCUT2D eigenvalue weighted by Gasteiger charge is -2.08. The van der Waals surface area contributed by atoms with Crippen molar-refractivity contribution < 1.29 is 8.42 Å². The van der Waals surface area contributed by atoms with Crippen molar-refractivity contribution in [2.75, 3.05) is 6.26 Å². The zero-order chi connectivity index (χ0) is 17.6. The summed E-state index contributed by atoms with van der Waals surface area (Å²) in [5.74, 6) is 0. The molecule has 2 unspecified atom stereocenters. The molecule has 23 heavy (non-hydrogen) atoms. The molecule has 0 aromatic carbocycles. The topological polar surface area (TPSA) is 59.9 Å². The van der Waals surface area contributed by atoms with Gasteiger partial charge in [-0.15, -0.1) is 0 Å². The first kappa shape index (κ1) is 20.7. The zero-order valence-corrected chi connectivity index (χ0v) is 18.4. The number of aromatic nitrogens is 2. The van der Waals surface area contributed by atoms with E-state index in [1.165, 1.54) is 11.8 Å². The van der Waals surface area contributed by atoms with Gasteiger partial charge in [0, 0.05) is 23.5 Å². The van der Waals surface area contributed by atoms with Crippen LogP contribution in [0.4, 0.5) is 0 Å². The molecule has 0 N–H and O–H groups in total. The summed E-state index contributed by atoms with van der Waals surface area (Å²) >= 11 is 9.90. The zero-order valence-electron chi connectivity index (χ0n) is 12.9. The molecule has 2 aromatic heterocycles. The van der Waals surface area contributed by atoms with Crippen molar-refractivity contribution in [3.05, 3.63) is 57.0 Å². The van der Waals surface area contributed by atoms with Crippen LogP contribution in [0.25, 0.3) is 0 Å². The molecular formula is C15H17Br3N2O2S. The minimum Gasteiger partial charge on any atom is -0.249 e. The predicted molar refractivity (Wildman–Crippen MR) is 104 cm³/mol. The van der Waals surface area contributed by atoms with Gasteiger partial charge in [-0.05, 0) is 69.0 Å². The summed E-state index contributed by atoms with van der Waals surface area (Å²) in [4.78, 5) is 8.44. The number of sulfone groups is 1. The Hall–Kier alpha value is -0.310. The van der Waals surface area contributed by atoms with Gasteiger partial charge < -0.3 is 0 Å². The Morgan fingerprint density at radius 3 is 1.65 bits per heavy atom. The lowest BCUT2D eigenvalue weighted by Crippen LogP contribution is -2.07. The summed E-state index contributed by atoms with van der Waals surface area (Å²) in [6.45, 7) is 3.73. The maximum absolute atomic E-state index is 11.2. The number of nitrogens with zero attached hydrogens (tertiary/aromatic N) is 2. The van der Waals surface area contributed by atoms with Crippen LogP contribution >= 0.6 is 47.8 Å². The number of halogens is 3. The third-order valence-corrected chi connectivity index (χ3v) is 6.09. The van der Waals surface area contributed by atoms with E-state index in [2.05, 4.69) is 64.7 Å². The molecule has 0 bridgehead atoms. The highest BCUT2D eigenvalue weighted by Crippen LogP contribution is 2.21. The highest BCUT2D eigenvalue weighted by Gasteiger charge is 2.16. The SMILES string of the molecule is CC(Br)c1ccc(Br)nc1.CC(c1ccc(Br)nc1)S(C)(=O)=O. The van der Waals surface area contributed by atoms with Gasteiger partial charge in [0.15, 0.2) is 9.84 Å². The number of rotatable bonds is 3. The van der Waals surface area contributed by atoms with E-state index in [4.69, 9.17) is 0 Å². The highest BCUT2D eigenvalue weighted by molar-refractivity contribution is 9.10. The van der Waals surface area contributed by atoms with Crippen LogP contribution in [-0.2, 0) is 9.84 Å². The van der Waals surface area contributed by atoms with Crippen molar-refractivity contribution in [2.24, 2.45) is 0 Å². The first-order valence-corrected chi connectivity index (χ1v) is 11.1. The molecule has 0 spiro atoms. The first-order valence-electron chi connectivity index (χ1n) is 6.67. The summed E-state index contributed by atoms with van der Waals surface area (Å²) in [7, 11) is -3.02. The molecule has 0 amide bonds. The molecule has 0 fully saturated rings. The molecule has 2 heterocycles. The number of pyridine rings is 2. The standard InChI is InChI=1S/C8H10BrNO2S.C7H7Br2N/c1-6(13(2,11)12)7-3-4-8(9)10-5-7;1-5(8)6-2-3-7(9)10-4-6/h3-6H,1-2H3;2-5H,1H3. The normalized spacial score (nSPS) is 13.7. The van der Waals surface area contributed by atoms with E-state index in [0.717, 1.165) is 4.60 Å². The molecule has 0 aliphatic rings. The quantitative estimate of drug-likeness (QED) is 0.403. The molecule has 126 valence electrons. The van der Waals surface area contributed by atoms with Crippen molar-refractivity contribution in [3.63, 3.8) is 0 Å². The highest BCUT2D eigenvalue weighted by atomic mass is 79.9. The van der Waals surface area contributed by atoms with Crippen molar-refractivity contribution >= 4 is 57.6 Å². The Kier molecular flexibility index (Phi) is 8.33. The van der Waals surface area contributed by atoms with Crippen LogP contribution in [0.5, 0.6) is 0 Å². The van der Waals surface area contributed by atoms with E-state index >= 15 is 0 Å². The molecule has 0 saturated carbocycles. The van der Waals surface area contributed by atoms with Gasteiger partial charge in [-0.1, -0.05) is 28.1 Å². The Morgan fingerprint density at radius 1 is 0.913 bits per heavy atom. The predicted octanol–water partition coefficient (Wildman–Crippen LogP) is 5.25. The average molecular weight is 529 g/mol. The van der Waals surface area contributed by atoms with Crippen molar-refractivity contribution in [1.29, 1.82) is 0 Å². The van der Waals surface area contributed by atoms with Crippen LogP contribution in [0, 0.1) is 0 Å². The van der Waals surface area contributed by atoms with Gasteiger partial charge >= 0.3 is 0 Å². The van der Waals surface area contributed by atoms with Crippen LogP contribution in [0.2, 0.25) is 0 Å². The second kappa shape index (κ2) is 9.25. The Balaban J connectivity index is 0.000000238. The largest absolute Gasteiger partial charge is 0.249 e. The van der Waals surface area contributed by atoms with E-state index < -0.39 is 15.1 Å². The smallest absolute Gasteiger partial charge is 0.154 e. The summed E-state index contributed by atoms with van der Waals surface area (Å²) in [5, 5.41) is -0.493. The monoisotopic (exact) mass is 526 g/mol. The van der Waals surface area contributed by atoms with E-state index in [1.54, 1.807) is 25.3 Å². The molecule has 4 nitrogen and oxygen atoms in total. The van der Waals surface area contributed by atoms with Crippen molar-refractivity contribution in [3.8, 4) is 0 Å². The van der Waals surface area contributed by atoms with Gasteiger partial charge in [-0.2, -0.15) is 0 Å². The lowest BCUT2D eigenvalue weighted by molar-refractivity contribution is 0.592. The molecule has 2 rings (SSSR count). The van der Waals surface area contributed by atoms with Crippen molar-refractivity contribution in [2.45, 2.75) is 23.9 Å². The summed E-state index contributed by atoms with van der Waals surface area (Å²) < 4.78 is 23.9. The first-order chi connectivity index (χ1) is 10.6. The summed E-state index contributed by atoms with van der Waals surface area (Å²) in [6.07, 6.45) is 4.64. The van der Waals surface area contributed by atoms with Gasteiger partial charge in [0.1, 0.15) is 9.21 Å². The fraction of sp³-hybridized carbons (Fsp3) is 0.333. The van der Waals surface area contributed by atoms with E-state index in [-0.39, 0.29) is 0 Å². The third-order valence-electron chi connectivity index (χ3n) is 3.07. The molecule has 8 heteroatoms. The number of alkyl halides is 1. The van der Waals surface area contributed by atoms with Gasteiger partial charge in [0.25, 0.3) is 0 Å². The number of hydrogen-bond acceptors (Lipinski definition) is 4. The van der Waals surface area contributed by atoms with Crippen LogP contribution in [0.1, 0.15) is 35.1 Å². The second-order valence-corrected chi connectivity index (χ2v) is 10.3. The summed E-state index contributed by atoms with van der Waals surface area (Å²) in [6, 6.07) is 7.46. The Labute approximate surface area is 162 Å². The third kappa shape index (κ3) is 7.41. The molecule has 2 aromatic rings. The lowest BCUT2D eigenvalue weighted by atomic mass is 10.2. The maximum atomic E-state index is 11.2. The van der Waals surface area contributed by atoms with Gasteiger partial charge in [-0.25, -0.2) is 18.4 Å². The van der Waals surface area contributed by atoms with Crippen LogP contribution in [-0.4, -0.2) is 24.6 Å². The van der Waals surface area contributed by atoms with E-state index in [1.807, 2.05) is 18.3 Å². The van der Waals surface area contributed by atoms with Crippen LogP contribution < -0.4 is 0 Å². The molecular weight excluding hydrogens is 512 g/mol. The summed E-state index contributed by atoms with van der Waals surface area (Å²) in [5.41, 5.74) is 1.91. The second-order valence-electron chi connectivity index (χ2n) is 4.92. The minimum atomic E-state index is -3.02. The van der Waals surface area contributed by atoms with Crippen LogP contribution in [0.3, 0.4) is 0 Å². The number of hydrogen-bond donors (Lipinski definition) is 0. The van der Waals surface area contributed by atoms with Crippen molar-refractivity contribution in [1.82, 2.24) is 9.97 Å². The molecule has 0 aliphatic heterocycles. The van der Waals surface area contributed by atoms with Crippen LogP contribution in [0.15, 0.2) is 45.9 Å². The fourth-order valence-corrected chi connectivity index (χ4v) is 2.87. The Bertz CT molecular complexity index is 717. The maximum Gasteiger partial charge on any atom is 0.154 e. The van der Waals surface area contributed by atoms with E-state index in [0.29, 0.717) is 15.0 Å². The van der Waals surface area contributed by atoms with Gasteiger partial charge in [0.2, 0.25) is 0 Å². The Morgan fingerprint density at radius 2 is 1.35 bits per heavy atom. The fourth-order valence-electron chi connectivity index (χ4n) is 1.50. The molecule has 0 saturated heterocycles.